The molecule has 2 unspecified atom stereocenters. The molecule has 0 N–H and O–H groups in total. The molecule has 5 heteroatoms. The van der Waals surface area contributed by atoms with E-state index in [-0.39, 0.29) is 37.4 Å². The van der Waals surface area contributed by atoms with Gasteiger partial charge in [0.1, 0.15) is 0 Å². The number of halogens is 4. The summed E-state index contributed by atoms with van der Waals surface area (Å²) in [6.45, 7) is 2.03. The van der Waals surface area contributed by atoms with Gasteiger partial charge in [0.15, 0.2) is 5.78 Å². The average Bonchev–Trinajstić information content (AvgIpc) is 2.61. The summed E-state index contributed by atoms with van der Waals surface area (Å²) in [6.07, 6.45) is 5.57. The van der Waals surface area contributed by atoms with Gasteiger partial charge in [-0.15, -0.1) is 0 Å². The summed E-state index contributed by atoms with van der Waals surface area (Å²) in [5.41, 5.74) is 0.898. The summed E-state index contributed by atoms with van der Waals surface area (Å²) >= 11 is 0. The molecule has 0 amide bonds. The number of carbonyl (C=O) groups is 1. The lowest BCUT2D eigenvalue weighted by molar-refractivity contribution is -0.269. The molecule has 2 saturated carbocycles. The van der Waals surface area contributed by atoms with E-state index in [9.17, 15) is 22.4 Å². The van der Waals surface area contributed by atoms with E-state index in [2.05, 4.69) is 0 Å². The summed E-state index contributed by atoms with van der Waals surface area (Å²) in [5, 5.41) is 0. The Morgan fingerprint density at radius 3 is 2.20 bits per heavy atom. The van der Waals surface area contributed by atoms with Gasteiger partial charge in [-0.2, -0.15) is 17.6 Å². The fraction of sp³-hybridized carbons (Fsp3) is 0.850. The van der Waals surface area contributed by atoms with Gasteiger partial charge in [-0.3, -0.25) is 4.79 Å². The second kappa shape index (κ2) is 7.03. The van der Waals surface area contributed by atoms with Crippen LogP contribution in [0, 0.1) is 23.7 Å². The molecular weight excluding hydrogens is 332 g/mol. The summed E-state index contributed by atoms with van der Waals surface area (Å²) in [6, 6.07) is 0. The highest BCUT2D eigenvalue weighted by Gasteiger charge is 2.64. The third kappa shape index (κ3) is 3.52. The second-order valence-corrected chi connectivity index (χ2v) is 8.26. The van der Waals surface area contributed by atoms with Crippen LogP contribution < -0.4 is 0 Å². The highest BCUT2D eigenvalue weighted by molar-refractivity contribution is 5.91. The first-order chi connectivity index (χ1) is 11.8. The second-order valence-electron chi connectivity index (χ2n) is 8.26. The van der Waals surface area contributed by atoms with Gasteiger partial charge in [-0.25, -0.2) is 0 Å². The zero-order valence-corrected chi connectivity index (χ0v) is 14.9. The van der Waals surface area contributed by atoms with E-state index >= 15 is 0 Å². The maximum atomic E-state index is 14.8. The number of alkyl halides is 4. The molecule has 0 aromatic carbocycles. The lowest BCUT2D eigenvalue weighted by Crippen LogP contribution is -2.53. The number of allylic oxidation sites excluding steroid dienone is 2. The molecular formula is C20H28F4O. The number of hydrogen-bond donors (Lipinski definition) is 0. The summed E-state index contributed by atoms with van der Waals surface area (Å²) in [4.78, 5) is 11.5. The van der Waals surface area contributed by atoms with Crippen LogP contribution in [0.1, 0.15) is 71.1 Å². The van der Waals surface area contributed by atoms with Gasteiger partial charge >= 0.3 is 11.8 Å². The monoisotopic (exact) mass is 360 g/mol. The molecule has 0 aromatic rings. The molecule has 3 rings (SSSR count). The van der Waals surface area contributed by atoms with Crippen molar-refractivity contribution < 1.29 is 22.4 Å². The van der Waals surface area contributed by atoms with Crippen molar-refractivity contribution in [2.45, 2.75) is 83.0 Å². The number of hydrogen-bond acceptors (Lipinski definition) is 1. The van der Waals surface area contributed by atoms with Crippen LogP contribution in [0.3, 0.4) is 0 Å². The van der Waals surface area contributed by atoms with E-state index < -0.39 is 23.7 Å². The van der Waals surface area contributed by atoms with Gasteiger partial charge in [0, 0.05) is 18.3 Å². The van der Waals surface area contributed by atoms with E-state index in [1.54, 1.807) is 6.08 Å². The average molecular weight is 360 g/mol. The Kier molecular flexibility index (Phi) is 5.32. The molecule has 3 aliphatic carbocycles. The summed E-state index contributed by atoms with van der Waals surface area (Å²) < 4.78 is 59.2. The topological polar surface area (TPSA) is 17.1 Å². The van der Waals surface area contributed by atoms with Crippen LogP contribution in [-0.4, -0.2) is 17.6 Å². The minimum atomic E-state index is -3.95. The lowest BCUT2D eigenvalue weighted by Gasteiger charge is -2.43. The Labute approximate surface area is 147 Å². The van der Waals surface area contributed by atoms with Gasteiger partial charge in [-0.05, 0) is 69.3 Å². The van der Waals surface area contributed by atoms with E-state index in [0.717, 1.165) is 12.0 Å². The first kappa shape index (κ1) is 18.9. The van der Waals surface area contributed by atoms with Gasteiger partial charge in [-0.1, -0.05) is 18.9 Å². The molecule has 1 nitrogen and oxygen atoms in total. The van der Waals surface area contributed by atoms with Crippen molar-refractivity contribution >= 4 is 5.78 Å². The zero-order chi connectivity index (χ0) is 18.2. The maximum Gasteiger partial charge on any atom is 0.313 e. The molecule has 2 atom stereocenters. The summed E-state index contributed by atoms with van der Waals surface area (Å²) in [7, 11) is 0. The molecule has 3 aliphatic rings. The van der Waals surface area contributed by atoms with Crippen LogP contribution in [0.5, 0.6) is 0 Å². The minimum Gasteiger partial charge on any atom is -0.295 e. The van der Waals surface area contributed by atoms with Crippen molar-refractivity contribution in [3.05, 3.63) is 11.6 Å². The van der Waals surface area contributed by atoms with Crippen LogP contribution in [0.4, 0.5) is 17.6 Å². The lowest BCUT2D eigenvalue weighted by atomic mass is 9.68. The Morgan fingerprint density at radius 1 is 0.920 bits per heavy atom. The third-order valence-corrected chi connectivity index (χ3v) is 6.85. The third-order valence-electron chi connectivity index (χ3n) is 6.85. The van der Waals surface area contributed by atoms with Crippen molar-refractivity contribution in [3.63, 3.8) is 0 Å². The summed E-state index contributed by atoms with van der Waals surface area (Å²) in [5.74, 6) is -10.0. The van der Waals surface area contributed by atoms with Crippen LogP contribution >= 0.6 is 0 Å². The minimum absolute atomic E-state index is 0.0366. The molecule has 25 heavy (non-hydrogen) atoms. The standard InChI is InChI=1S/C20H28F4O/c1-2-13-3-7-16(8-4-13)19(21,22)20(23,24)17-9-5-15-12-18(25)10-6-14(15)11-17/h12-14,16-17H,2-11H2,1H3. The van der Waals surface area contributed by atoms with E-state index in [1.807, 2.05) is 6.92 Å². The SMILES string of the molecule is CCC1CCC(C(F)(F)C(F)(F)C2CCC3=CC(=O)CCC3C2)CC1. The van der Waals surface area contributed by atoms with Crippen LogP contribution in [0.2, 0.25) is 0 Å². The van der Waals surface area contributed by atoms with Crippen molar-refractivity contribution in [2.75, 3.05) is 0 Å². The number of carbonyl (C=O) groups excluding carboxylic acids is 1. The smallest absolute Gasteiger partial charge is 0.295 e. The Hall–Kier alpha value is -0.870. The predicted molar refractivity (Wildman–Crippen MR) is 88.8 cm³/mol. The fourth-order valence-electron chi connectivity index (χ4n) is 5.05. The van der Waals surface area contributed by atoms with Crippen molar-refractivity contribution in [2.24, 2.45) is 23.7 Å². The first-order valence-electron chi connectivity index (χ1n) is 9.74. The molecule has 0 aromatic heterocycles. The highest BCUT2D eigenvalue weighted by Crippen LogP contribution is 2.54. The van der Waals surface area contributed by atoms with Gasteiger partial charge in [0.2, 0.25) is 0 Å². The van der Waals surface area contributed by atoms with Crippen LogP contribution in [0.25, 0.3) is 0 Å². The molecule has 0 heterocycles. The van der Waals surface area contributed by atoms with Crippen molar-refractivity contribution in [1.29, 1.82) is 0 Å². The first-order valence-corrected chi connectivity index (χ1v) is 9.74. The molecule has 0 saturated heterocycles. The maximum absolute atomic E-state index is 14.8. The Morgan fingerprint density at radius 2 is 1.56 bits per heavy atom. The van der Waals surface area contributed by atoms with Crippen molar-refractivity contribution in [3.8, 4) is 0 Å². The largest absolute Gasteiger partial charge is 0.313 e. The predicted octanol–water partition coefficient (Wildman–Crippen LogP) is 6.18. The van der Waals surface area contributed by atoms with E-state index in [1.165, 1.54) is 0 Å². The van der Waals surface area contributed by atoms with Gasteiger partial charge < -0.3 is 0 Å². The molecule has 2 fully saturated rings. The zero-order valence-electron chi connectivity index (χ0n) is 14.9. The van der Waals surface area contributed by atoms with Gasteiger partial charge in [0.05, 0.1) is 0 Å². The number of rotatable bonds is 4. The van der Waals surface area contributed by atoms with Gasteiger partial charge in [0.25, 0.3) is 0 Å². The molecule has 0 aliphatic heterocycles. The molecule has 0 radical (unpaired) electrons. The van der Waals surface area contributed by atoms with E-state index in [0.29, 0.717) is 38.0 Å². The van der Waals surface area contributed by atoms with Crippen molar-refractivity contribution in [1.82, 2.24) is 0 Å². The fourth-order valence-corrected chi connectivity index (χ4v) is 5.05. The Balaban J connectivity index is 1.70. The van der Waals surface area contributed by atoms with Crippen LogP contribution in [-0.2, 0) is 4.79 Å². The molecule has 0 spiro atoms. The molecule has 0 bridgehead atoms. The van der Waals surface area contributed by atoms with Crippen LogP contribution in [0.15, 0.2) is 11.6 Å². The normalized spacial score (nSPS) is 34.4. The quantitative estimate of drug-likeness (QED) is 0.547. The van der Waals surface area contributed by atoms with E-state index in [4.69, 9.17) is 0 Å². The molecule has 142 valence electrons. The Bertz CT molecular complexity index is 532. The number of ketones is 1. The number of fused-ring (bicyclic) bond motifs is 1. The highest BCUT2D eigenvalue weighted by atomic mass is 19.3.